The molecule has 0 bridgehead atoms. The number of benzene rings is 3. The van der Waals surface area contributed by atoms with Gasteiger partial charge in [0, 0.05) is 42.5 Å². The lowest BCUT2D eigenvalue weighted by molar-refractivity contribution is 0.0697. The molecule has 0 unspecified atom stereocenters. The summed E-state index contributed by atoms with van der Waals surface area (Å²) in [6.45, 7) is 3.07. The van der Waals surface area contributed by atoms with Crippen LogP contribution in [0.5, 0.6) is 17.2 Å². The third-order valence-corrected chi connectivity index (χ3v) is 7.43. The zero-order chi connectivity index (χ0) is 31.5. The van der Waals surface area contributed by atoms with Gasteiger partial charge in [0.1, 0.15) is 29.7 Å². The molecule has 0 radical (unpaired) electrons. The first-order chi connectivity index (χ1) is 21.8. The maximum atomic E-state index is 15.5. The van der Waals surface area contributed by atoms with Crippen LogP contribution < -0.4 is 9.47 Å². The molecule has 0 fully saturated rings. The van der Waals surface area contributed by atoms with Gasteiger partial charge in [-0.1, -0.05) is 17.7 Å². The fourth-order valence-electron chi connectivity index (χ4n) is 4.93. The van der Waals surface area contributed by atoms with Crippen molar-refractivity contribution in [3.63, 3.8) is 0 Å². The van der Waals surface area contributed by atoms with Crippen molar-refractivity contribution in [3.8, 4) is 17.2 Å². The van der Waals surface area contributed by atoms with E-state index in [0.29, 0.717) is 47.0 Å². The van der Waals surface area contributed by atoms with Crippen molar-refractivity contribution in [1.29, 1.82) is 0 Å². The van der Waals surface area contributed by atoms with Crippen LogP contribution in [-0.2, 0) is 26.1 Å². The van der Waals surface area contributed by atoms with Crippen molar-refractivity contribution in [1.82, 2.24) is 24.1 Å². The van der Waals surface area contributed by atoms with E-state index >= 15 is 4.39 Å². The number of aromatic carboxylic acids is 1. The van der Waals surface area contributed by atoms with E-state index in [1.807, 2.05) is 16.1 Å². The molecule has 3 heterocycles. The molecular formula is C33H26ClF2N5O4. The van der Waals surface area contributed by atoms with Crippen molar-refractivity contribution >= 4 is 28.6 Å². The van der Waals surface area contributed by atoms with E-state index < -0.39 is 17.6 Å². The van der Waals surface area contributed by atoms with Crippen LogP contribution >= 0.6 is 11.6 Å². The van der Waals surface area contributed by atoms with Gasteiger partial charge in [0.25, 0.3) is 0 Å². The van der Waals surface area contributed by atoms with Gasteiger partial charge in [0.2, 0.25) is 0 Å². The van der Waals surface area contributed by atoms with Crippen LogP contribution in [0.15, 0.2) is 85.5 Å². The van der Waals surface area contributed by atoms with E-state index in [-0.39, 0.29) is 35.1 Å². The zero-order valence-electron chi connectivity index (χ0n) is 24.0. The molecule has 0 aliphatic carbocycles. The highest BCUT2D eigenvalue weighted by atomic mass is 35.5. The molecule has 0 amide bonds. The number of imidazole rings is 2. The molecule has 6 aromatic rings. The Bertz CT molecular complexity index is 2030. The molecule has 3 aromatic carbocycles. The minimum Gasteiger partial charge on any atom is -0.484 e. The highest BCUT2D eigenvalue weighted by molar-refractivity contribution is 6.30. The van der Waals surface area contributed by atoms with Gasteiger partial charge >= 0.3 is 5.97 Å². The van der Waals surface area contributed by atoms with Crippen LogP contribution in [0.1, 0.15) is 40.1 Å². The van der Waals surface area contributed by atoms with Crippen molar-refractivity contribution in [2.45, 2.75) is 33.0 Å². The molecule has 9 nitrogen and oxygen atoms in total. The van der Waals surface area contributed by atoms with Gasteiger partial charge in [0.15, 0.2) is 11.6 Å². The predicted octanol–water partition coefficient (Wildman–Crippen LogP) is 7.29. The minimum atomic E-state index is -1.05. The number of fused-ring (bicyclic) bond motifs is 1. The molecular weight excluding hydrogens is 604 g/mol. The van der Waals surface area contributed by atoms with Gasteiger partial charge in [-0.05, 0) is 61.0 Å². The third kappa shape index (κ3) is 6.63. The number of nitrogens with zero attached hydrogens (tertiary/aromatic N) is 5. The molecule has 0 aliphatic rings. The van der Waals surface area contributed by atoms with Crippen LogP contribution in [0.4, 0.5) is 8.78 Å². The highest BCUT2D eigenvalue weighted by Gasteiger charge is 2.18. The van der Waals surface area contributed by atoms with E-state index in [0.717, 1.165) is 11.8 Å². The average Bonchev–Trinajstić information content (AvgIpc) is 3.62. The number of halogens is 3. The van der Waals surface area contributed by atoms with Crippen LogP contribution in [0.25, 0.3) is 11.0 Å². The summed E-state index contributed by atoms with van der Waals surface area (Å²) in [4.78, 5) is 24.9. The summed E-state index contributed by atoms with van der Waals surface area (Å²) in [5, 5.41) is 9.82. The third-order valence-electron chi connectivity index (χ3n) is 7.20. The minimum absolute atomic E-state index is 0.0168. The maximum Gasteiger partial charge on any atom is 0.335 e. The Morgan fingerprint density at radius 3 is 2.62 bits per heavy atom. The van der Waals surface area contributed by atoms with Crippen molar-refractivity contribution < 1.29 is 28.2 Å². The molecule has 228 valence electrons. The number of aryl methyl sites for hydroxylation is 1. The number of rotatable bonds is 11. The lowest BCUT2D eigenvalue weighted by Crippen LogP contribution is -2.10. The standard InChI is InChI=1S/C33H26ClF2N5O4/c1-2-40-19-37-16-24(40)17-41-30-11-21(33(42)43)4-7-29(30)39-32(41)12-20-3-6-25(15-27(20)35)45-26-9-10-38-23(14-26)18-44-31-8-5-22(34)13-28(31)36/h3-11,13-16,19H,2,12,17-18H2,1H3,(H,42,43). The summed E-state index contributed by atoms with van der Waals surface area (Å²) in [6.07, 6.45) is 5.15. The second-order valence-corrected chi connectivity index (χ2v) is 10.6. The summed E-state index contributed by atoms with van der Waals surface area (Å²) in [5.41, 5.74) is 3.14. The van der Waals surface area contributed by atoms with Gasteiger partial charge in [-0.3, -0.25) is 4.98 Å². The molecule has 0 saturated carbocycles. The monoisotopic (exact) mass is 629 g/mol. The first kappa shape index (κ1) is 29.8. The van der Waals surface area contributed by atoms with E-state index in [9.17, 15) is 14.3 Å². The number of carboxylic acid groups (broad SMARTS) is 1. The molecule has 0 aliphatic heterocycles. The van der Waals surface area contributed by atoms with Crippen LogP contribution in [-0.4, -0.2) is 35.2 Å². The second kappa shape index (κ2) is 12.7. The molecule has 6 rings (SSSR count). The zero-order valence-corrected chi connectivity index (χ0v) is 24.7. The van der Waals surface area contributed by atoms with Gasteiger partial charge in [-0.2, -0.15) is 0 Å². The topological polar surface area (TPSA) is 104 Å². The molecule has 12 heteroatoms. The molecule has 0 spiro atoms. The largest absolute Gasteiger partial charge is 0.484 e. The number of carboxylic acids is 1. The molecule has 45 heavy (non-hydrogen) atoms. The Labute approximate surface area is 261 Å². The van der Waals surface area contributed by atoms with E-state index in [2.05, 4.69) is 9.97 Å². The number of pyridine rings is 1. The van der Waals surface area contributed by atoms with Gasteiger partial charge in [0.05, 0.1) is 40.9 Å². The summed E-state index contributed by atoms with van der Waals surface area (Å²) >= 11 is 5.79. The van der Waals surface area contributed by atoms with Crippen LogP contribution in [0.2, 0.25) is 5.02 Å². The van der Waals surface area contributed by atoms with Crippen molar-refractivity contribution in [3.05, 3.63) is 130 Å². The average molecular weight is 630 g/mol. The summed E-state index contributed by atoms with van der Waals surface area (Å²) in [6, 6.07) is 16.7. The Morgan fingerprint density at radius 1 is 1.00 bits per heavy atom. The number of aromatic nitrogens is 5. The smallest absolute Gasteiger partial charge is 0.335 e. The van der Waals surface area contributed by atoms with E-state index in [1.54, 1.807) is 48.9 Å². The quantitative estimate of drug-likeness (QED) is 0.160. The summed E-state index contributed by atoms with van der Waals surface area (Å²) < 4.78 is 44.8. The van der Waals surface area contributed by atoms with Crippen molar-refractivity contribution in [2.24, 2.45) is 0 Å². The first-order valence-electron chi connectivity index (χ1n) is 14.0. The Hall–Kier alpha value is -5.29. The van der Waals surface area contributed by atoms with Crippen LogP contribution in [0, 0.1) is 11.6 Å². The lowest BCUT2D eigenvalue weighted by atomic mass is 10.1. The van der Waals surface area contributed by atoms with Gasteiger partial charge in [-0.15, -0.1) is 0 Å². The molecule has 0 saturated heterocycles. The normalized spacial score (nSPS) is 11.2. The molecule has 3 aromatic heterocycles. The summed E-state index contributed by atoms with van der Waals surface area (Å²) in [7, 11) is 0. The van der Waals surface area contributed by atoms with E-state index in [4.69, 9.17) is 26.1 Å². The number of hydrogen-bond donors (Lipinski definition) is 1. The molecule has 1 N–H and O–H groups in total. The second-order valence-electron chi connectivity index (χ2n) is 10.2. The number of ether oxygens (including phenoxy) is 2. The Balaban J connectivity index is 1.22. The first-order valence-corrected chi connectivity index (χ1v) is 14.4. The van der Waals surface area contributed by atoms with Crippen molar-refractivity contribution in [2.75, 3.05) is 0 Å². The molecule has 0 atom stereocenters. The number of carbonyl (C=O) groups is 1. The Kier molecular flexibility index (Phi) is 8.43. The maximum absolute atomic E-state index is 15.5. The number of hydrogen-bond acceptors (Lipinski definition) is 6. The SMILES string of the molecule is CCn1cncc1Cn1c(Cc2ccc(Oc3ccnc(COc4ccc(Cl)cc4F)c3)cc2F)nc2ccc(C(=O)O)cc21. The van der Waals surface area contributed by atoms with E-state index in [1.165, 1.54) is 30.5 Å². The summed E-state index contributed by atoms with van der Waals surface area (Å²) in [5.74, 6) is -0.849. The van der Waals surface area contributed by atoms with Crippen LogP contribution in [0.3, 0.4) is 0 Å². The fraction of sp³-hybridized carbons (Fsp3) is 0.152. The lowest BCUT2D eigenvalue weighted by Gasteiger charge is -2.13. The highest BCUT2D eigenvalue weighted by Crippen LogP contribution is 2.28. The fourth-order valence-corrected chi connectivity index (χ4v) is 5.09. The Morgan fingerprint density at radius 2 is 1.84 bits per heavy atom. The van der Waals surface area contributed by atoms with Gasteiger partial charge < -0.3 is 23.7 Å². The predicted molar refractivity (Wildman–Crippen MR) is 163 cm³/mol. The van der Waals surface area contributed by atoms with Gasteiger partial charge in [-0.25, -0.2) is 23.5 Å².